The highest BCUT2D eigenvalue weighted by atomic mass is 35.5. The second-order valence-electron chi connectivity index (χ2n) is 3.85. The number of hydrogen-bond acceptors (Lipinski definition) is 1. The van der Waals surface area contributed by atoms with Crippen molar-refractivity contribution in [3.63, 3.8) is 0 Å². The molecule has 1 aliphatic rings. The van der Waals surface area contributed by atoms with E-state index < -0.39 is 0 Å². The molecule has 1 aliphatic carbocycles. The molecular weight excluding hydrogens is 170 g/mol. The van der Waals surface area contributed by atoms with E-state index in [4.69, 9.17) is 16.9 Å². The molecule has 0 aliphatic heterocycles. The summed E-state index contributed by atoms with van der Waals surface area (Å²) in [6.45, 7) is 2.20. The van der Waals surface area contributed by atoms with Crippen molar-refractivity contribution in [3.05, 3.63) is 0 Å². The maximum Gasteiger partial charge on any atom is 0.0692 e. The molecule has 0 amide bonds. The highest BCUT2D eigenvalue weighted by Gasteiger charge is 2.39. The lowest BCUT2D eigenvalue weighted by Gasteiger charge is -2.25. The zero-order valence-electron chi connectivity index (χ0n) is 7.65. The van der Waals surface area contributed by atoms with Crippen LogP contribution in [0.2, 0.25) is 0 Å². The Bertz CT molecular complexity index is 185. The van der Waals surface area contributed by atoms with E-state index in [1.165, 1.54) is 12.8 Å². The van der Waals surface area contributed by atoms with Crippen LogP contribution in [0.15, 0.2) is 0 Å². The molecule has 0 saturated heterocycles. The third-order valence-corrected chi connectivity index (χ3v) is 3.45. The molecule has 0 N–H and O–H groups in total. The number of nitrogens with zero attached hydrogens (tertiary/aromatic N) is 1. The molecule has 68 valence electrons. The highest BCUT2D eigenvalue weighted by molar-refractivity contribution is 6.17. The first-order valence-electron chi connectivity index (χ1n) is 4.72. The lowest BCUT2D eigenvalue weighted by Crippen LogP contribution is -2.21. The van der Waals surface area contributed by atoms with Crippen molar-refractivity contribution < 1.29 is 0 Å². The topological polar surface area (TPSA) is 23.8 Å². The van der Waals surface area contributed by atoms with E-state index >= 15 is 0 Å². The van der Waals surface area contributed by atoms with Gasteiger partial charge in [-0.3, -0.25) is 0 Å². The van der Waals surface area contributed by atoms with Crippen LogP contribution < -0.4 is 0 Å². The molecule has 2 unspecified atom stereocenters. The molecule has 2 atom stereocenters. The molecule has 0 spiro atoms. The summed E-state index contributed by atoms with van der Waals surface area (Å²) in [5.74, 6) is 1.27. The Labute approximate surface area is 79.7 Å². The molecule has 1 saturated carbocycles. The van der Waals surface area contributed by atoms with E-state index in [0.717, 1.165) is 19.3 Å². The van der Waals surface area contributed by atoms with E-state index in [9.17, 15) is 0 Å². The third kappa shape index (κ3) is 1.75. The van der Waals surface area contributed by atoms with Gasteiger partial charge in [-0.05, 0) is 31.6 Å². The van der Waals surface area contributed by atoms with Crippen molar-refractivity contribution >= 4 is 11.6 Å². The highest BCUT2D eigenvalue weighted by Crippen LogP contribution is 2.45. The molecule has 0 aromatic heterocycles. The zero-order chi connectivity index (χ0) is 9.03. The Morgan fingerprint density at radius 2 is 2.42 bits per heavy atom. The number of rotatable bonds is 3. The Balaban J connectivity index is 2.57. The quantitative estimate of drug-likeness (QED) is 0.619. The SMILES string of the molecule is CC1CCCC1(C#N)CCCCl. The van der Waals surface area contributed by atoms with E-state index in [2.05, 4.69) is 13.0 Å². The summed E-state index contributed by atoms with van der Waals surface area (Å²) in [7, 11) is 0. The Hall–Kier alpha value is -0.220. The molecule has 0 bridgehead atoms. The van der Waals surface area contributed by atoms with Gasteiger partial charge in [0.05, 0.1) is 11.5 Å². The monoisotopic (exact) mass is 185 g/mol. The van der Waals surface area contributed by atoms with Crippen molar-refractivity contribution in [1.29, 1.82) is 5.26 Å². The van der Waals surface area contributed by atoms with E-state index in [-0.39, 0.29) is 5.41 Å². The lowest BCUT2D eigenvalue weighted by atomic mass is 9.77. The molecule has 0 aromatic carbocycles. The van der Waals surface area contributed by atoms with E-state index in [0.29, 0.717) is 11.8 Å². The molecule has 12 heavy (non-hydrogen) atoms. The molecule has 1 rings (SSSR count). The van der Waals surface area contributed by atoms with Gasteiger partial charge in [-0.15, -0.1) is 11.6 Å². The van der Waals surface area contributed by atoms with Crippen LogP contribution in [0, 0.1) is 22.7 Å². The fourth-order valence-corrected chi connectivity index (χ4v) is 2.36. The van der Waals surface area contributed by atoms with E-state index in [1.54, 1.807) is 0 Å². The summed E-state index contributed by atoms with van der Waals surface area (Å²) in [5, 5.41) is 9.12. The first kappa shape index (κ1) is 9.86. The third-order valence-electron chi connectivity index (χ3n) is 3.18. The summed E-state index contributed by atoms with van der Waals surface area (Å²) in [6, 6.07) is 2.50. The summed E-state index contributed by atoms with van der Waals surface area (Å²) >= 11 is 5.64. The van der Waals surface area contributed by atoms with Crippen molar-refractivity contribution in [3.8, 4) is 6.07 Å². The Kier molecular flexibility index (Phi) is 3.40. The van der Waals surface area contributed by atoms with Crippen molar-refractivity contribution in [2.75, 3.05) is 5.88 Å². The van der Waals surface area contributed by atoms with Crippen LogP contribution in [-0.4, -0.2) is 5.88 Å². The second-order valence-corrected chi connectivity index (χ2v) is 4.23. The zero-order valence-corrected chi connectivity index (χ0v) is 8.40. The molecule has 2 heteroatoms. The van der Waals surface area contributed by atoms with Gasteiger partial charge in [0.1, 0.15) is 0 Å². The number of halogens is 1. The van der Waals surface area contributed by atoms with Gasteiger partial charge in [-0.25, -0.2) is 0 Å². The number of hydrogen-bond donors (Lipinski definition) is 0. The van der Waals surface area contributed by atoms with Gasteiger partial charge >= 0.3 is 0 Å². The fourth-order valence-electron chi connectivity index (χ4n) is 2.22. The van der Waals surface area contributed by atoms with Crippen LogP contribution in [0.5, 0.6) is 0 Å². The summed E-state index contributed by atoms with van der Waals surface area (Å²) in [5.41, 5.74) is -0.0328. The minimum Gasteiger partial charge on any atom is -0.198 e. The number of alkyl halides is 1. The Morgan fingerprint density at radius 3 is 2.83 bits per heavy atom. The smallest absolute Gasteiger partial charge is 0.0692 e. The predicted octanol–water partition coefficient (Wildman–Crippen LogP) is 3.34. The second kappa shape index (κ2) is 4.14. The molecule has 0 aromatic rings. The van der Waals surface area contributed by atoms with Crippen molar-refractivity contribution in [1.82, 2.24) is 0 Å². The largest absolute Gasteiger partial charge is 0.198 e. The normalized spacial score (nSPS) is 34.9. The molecule has 0 radical (unpaired) electrons. The summed E-state index contributed by atoms with van der Waals surface area (Å²) < 4.78 is 0. The van der Waals surface area contributed by atoms with Crippen molar-refractivity contribution in [2.45, 2.75) is 39.0 Å². The first-order chi connectivity index (χ1) is 5.75. The fraction of sp³-hybridized carbons (Fsp3) is 0.900. The molecule has 0 heterocycles. The Morgan fingerprint density at radius 1 is 1.67 bits per heavy atom. The average molecular weight is 186 g/mol. The van der Waals surface area contributed by atoms with Crippen LogP contribution >= 0.6 is 11.6 Å². The van der Waals surface area contributed by atoms with Crippen LogP contribution in [0.4, 0.5) is 0 Å². The lowest BCUT2D eigenvalue weighted by molar-refractivity contribution is 0.282. The van der Waals surface area contributed by atoms with E-state index in [1.807, 2.05) is 0 Å². The molecular formula is C10H16ClN. The minimum absolute atomic E-state index is 0.0328. The van der Waals surface area contributed by atoms with Gasteiger partial charge in [0, 0.05) is 5.88 Å². The summed E-state index contributed by atoms with van der Waals surface area (Å²) in [6.07, 6.45) is 5.50. The summed E-state index contributed by atoms with van der Waals surface area (Å²) in [4.78, 5) is 0. The predicted molar refractivity (Wildman–Crippen MR) is 51.0 cm³/mol. The molecule has 1 fully saturated rings. The number of nitriles is 1. The van der Waals surface area contributed by atoms with Gasteiger partial charge < -0.3 is 0 Å². The minimum atomic E-state index is -0.0328. The standard InChI is InChI=1S/C10H16ClN/c1-9-4-2-5-10(9,8-12)6-3-7-11/h9H,2-7H2,1H3. The van der Waals surface area contributed by atoms with Crippen LogP contribution in [-0.2, 0) is 0 Å². The van der Waals surface area contributed by atoms with Gasteiger partial charge in [0.25, 0.3) is 0 Å². The van der Waals surface area contributed by atoms with Crippen LogP contribution in [0.3, 0.4) is 0 Å². The van der Waals surface area contributed by atoms with Gasteiger partial charge in [-0.1, -0.05) is 13.3 Å². The van der Waals surface area contributed by atoms with Gasteiger partial charge in [-0.2, -0.15) is 5.26 Å². The van der Waals surface area contributed by atoms with Crippen LogP contribution in [0.1, 0.15) is 39.0 Å². The average Bonchev–Trinajstić information content (AvgIpc) is 2.45. The maximum absolute atomic E-state index is 9.12. The van der Waals surface area contributed by atoms with Gasteiger partial charge in [0.15, 0.2) is 0 Å². The van der Waals surface area contributed by atoms with Gasteiger partial charge in [0.2, 0.25) is 0 Å². The van der Waals surface area contributed by atoms with Crippen molar-refractivity contribution in [2.24, 2.45) is 11.3 Å². The first-order valence-corrected chi connectivity index (χ1v) is 5.26. The van der Waals surface area contributed by atoms with Crippen LogP contribution in [0.25, 0.3) is 0 Å². The molecule has 1 nitrogen and oxygen atoms in total. The maximum atomic E-state index is 9.12.